The molecule has 1 fully saturated rings. The Morgan fingerprint density at radius 1 is 1.24 bits per heavy atom. The molecule has 0 unspecified atom stereocenters. The van der Waals surface area contributed by atoms with Gasteiger partial charge in [-0.1, -0.05) is 12.1 Å². The number of amides is 1. The molecule has 1 atom stereocenters. The van der Waals surface area contributed by atoms with Crippen molar-refractivity contribution in [1.29, 1.82) is 0 Å². The molecule has 1 amide bonds. The van der Waals surface area contributed by atoms with E-state index in [-0.39, 0.29) is 11.2 Å². The van der Waals surface area contributed by atoms with Crippen molar-refractivity contribution in [1.82, 2.24) is 4.98 Å². The van der Waals surface area contributed by atoms with Crippen LogP contribution in [0.1, 0.15) is 6.42 Å². The normalized spacial score (nSPS) is 18.0. The first-order chi connectivity index (χ1) is 10.3. The standard InChI is InChI=1S/C16H16N2O2S/c1-20-14-5-3-2-4-13(14)18-11-8-15(16(18)19)21-12-6-9-17-10-7-12/h2-7,9-10,15H,8,11H2,1H3/t15-/m1/s1. The van der Waals surface area contributed by atoms with Crippen LogP contribution in [-0.2, 0) is 4.79 Å². The van der Waals surface area contributed by atoms with E-state index in [1.165, 1.54) is 0 Å². The molecule has 0 N–H and O–H groups in total. The Morgan fingerprint density at radius 3 is 2.76 bits per heavy atom. The van der Waals surface area contributed by atoms with Crippen molar-refractivity contribution in [3.63, 3.8) is 0 Å². The molecule has 1 aromatic carbocycles. The Kier molecular flexibility index (Phi) is 4.10. The zero-order chi connectivity index (χ0) is 14.7. The fraction of sp³-hybridized carbons (Fsp3) is 0.250. The van der Waals surface area contributed by atoms with Gasteiger partial charge in [0.05, 0.1) is 18.0 Å². The third kappa shape index (κ3) is 2.88. The first kappa shape index (κ1) is 13.9. The SMILES string of the molecule is COc1ccccc1N1CC[C@@H](Sc2ccncc2)C1=O. The zero-order valence-electron chi connectivity index (χ0n) is 11.7. The van der Waals surface area contributed by atoms with E-state index in [0.29, 0.717) is 0 Å². The Balaban J connectivity index is 1.77. The monoisotopic (exact) mass is 300 g/mol. The van der Waals surface area contributed by atoms with Crippen molar-refractivity contribution in [3.05, 3.63) is 48.8 Å². The van der Waals surface area contributed by atoms with Gasteiger partial charge in [0, 0.05) is 23.8 Å². The lowest BCUT2D eigenvalue weighted by Crippen LogP contribution is -2.28. The number of para-hydroxylation sites is 2. The summed E-state index contributed by atoms with van der Waals surface area (Å²) in [6.07, 6.45) is 4.34. The van der Waals surface area contributed by atoms with Crippen LogP contribution in [0.15, 0.2) is 53.7 Å². The molecule has 1 aliphatic rings. The molecule has 0 spiro atoms. The van der Waals surface area contributed by atoms with Gasteiger partial charge >= 0.3 is 0 Å². The van der Waals surface area contributed by atoms with Crippen LogP contribution >= 0.6 is 11.8 Å². The van der Waals surface area contributed by atoms with Crippen LogP contribution in [0.2, 0.25) is 0 Å². The number of nitrogens with zero attached hydrogens (tertiary/aromatic N) is 2. The van der Waals surface area contributed by atoms with Gasteiger partial charge in [0.1, 0.15) is 5.75 Å². The van der Waals surface area contributed by atoms with E-state index in [1.807, 2.05) is 41.3 Å². The Labute approximate surface area is 128 Å². The van der Waals surface area contributed by atoms with E-state index in [1.54, 1.807) is 31.3 Å². The summed E-state index contributed by atoms with van der Waals surface area (Å²) in [5.41, 5.74) is 0.850. The number of hydrogen-bond acceptors (Lipinski definition) is 4. The van der Waals surface area contributed by atoms with Crippen LogP contribution in [0.5, 0.6) is 5.75 Å². The summed E-state index contributed by atoms with van der Waals surface area (Å²) in [4.78, 5) is 19.5. The number of ether oxygens (including phenoxy) is 1. The lowest BCUT2D eigenvalue weighted by molar-refractivity contribution is -0.116. The predicted molar refractivity (Wildman–Crippen MR) is 83.8 cm³/mol. The van der Waals surface area contributed by atoms with Crippen LogP contribution in [-0.4, -0.2) is 29.8 Å². The molecule has 0 radical (unpaired) electrons. The Morgan fingerprint density at radius 2 is 2.00 bits per heavy atom. The van der Waals surface area contributed by atoms with Crippen LogP contribution in [0, 0.1) is 0 Å². The predicted octanol–water partition coefficient (Wildman–Crippen LogP) is 2.99. The lowest BCUT2D eigenvalue weighted by Gasteiger charge is -2.19. The molecule has 5 heteroatoms. The van der Waals surface area contributed by atoms with Crippen molar-refractivity contribution >= 4 is 23.4 Å². The summed E-state index contributed by atoms with van der Waals surface area (Å²) in [5, 5.41) is -0.0442. The van der Waals surface area contributed by atoms with Gasteiger partial charge < -0.3 is 9.64 Å². The summed E-state index contributed by atoms with van der Waals surface area (Å²) >= 11 is 1.60. The maximum absolute atomic E-state index is 12.6. The third-order valence-electron chi connectivity index (χ3n) is 3.46. The second-order valence-electron chi connectivity index (χ2n) is 4.74. The van der Waals surface area contributed by atoms with E-state index < -0.39 is 0 Å². The number of thioether (sulfide) groups is 1. The Hall–Kier alpha value is -2.01. The molecule has 2 aromatic rings. The molecule has 0 saturated carbocycles. The van der Waals surface area contributed by atoms with Crippen molar-refractivity contribution in [2.24, 2.45) is 0 Å². The molecule has 0 aliphatic carbocycles. The molecule has 2 heterocycles. The van der Waals surface area contributed by atoms with E-state index in [2.05, 4.69) is 4.98 Å². The molecule has 21 heavy (non-hydrogen) atoms. The summed E-state index contributed by atoms with van der Waals surface area (Å²) in [5.74, 6) is 0.877. The number of carbonyl (C=O) groups is 1. The third-order valence-corrected chi connectivity index (χ3v) is 4.73. The fourth-order valence-electron chi connectivity index (χ4n) is 2.44. The van der Waals surface area contributed by atoms with Gasteiger partial charge in [0.2, 0.25) is 5.91 Å². The van der Waals surface area contributed by atoms with Crippen molar-refractivity contribution in [2.45, 2.75) is 16.6 Å². The number of hydrogen-bond donors (Lipinski definition) is 0. The van der Waals surface area contributed by atoms with Gasteiger partial charge in [-0.15, -0.1) is 11.8 Å². The van der Waals surface area contributed by atoms with Crippen LogP contribution in [0.4, 0.5) is 5.69 Å². The topological polar surface area (TPSA) is 42.4 Å². The molecule has 1 aromatic heterocycles. The highest BCUT2D eigenvalue weighted by atomic mass is 32.2. The Bertz CT molecular complexity index is 633. The smallest absolute Gasteiger partial charge is 0.240 e. The molecule has 108 valence electrons. The highest BCUT2D eigenvalue weighted by Gasteiger charge is 2.34. The number of pyridine rings is 1. The van der Waals surface area contributed by atoms with Crippen molar-refractivity contribution in [2.75, 3.05) is 18.6 Å². The van der Waals surface area contributed by atoms with Crippen molar-refractivity contribution < 1.29 is 9.53 Å². The lowest BCUT2D eigenvalue weighted by atomic mass is 10.2. The first-order valence-corrected chi connectivity index (χ1v) is 7.68. The maximum Gasteiger partial charge on any atom is 0.240 e. The van der Waals surface area contributed by atoms with Gasteiger partial charge in [0.15, 0.2) is 0 Å². The van der Waals surface area contributed by atoms with Gasteiger partial charge in [-0.3, -0.25) is 9.78 Å². The zero-order valence-corrected chi connectivity index (χ0v) is 12.5. The molecular weight excluding hydrogens is 284 g/mol. The van der Waals surface area contributed by atoms with E-state index in [4.69, 9.17) is 4.74 Å². The number of benzene rings is 1. The number of carbonyl (C=O) groups excluding carboxylic acids is 1. The maximum atomic E-state index is 12.6. The molecular formula is C16H16N2O2S. The fourth-order valence-corrected chi connectivity index (χ4v) is 3.49. The number of methoxy groups -OCH3 is 1. The van der Waals surface area contributed by atoms with Gasteiger partial charge in [-0.2, -0.15) is 0 Å². The summed E-state index contributed by atoms with van der Waals surface area (Å²) < 4.78 is 5.35. The van der Waals surface area contributed by atoms with E-state index >= 15 is 0 Å². The second-order valence-corrected chi connectivity index (χ2v) is 6.02. The quantitative estimate of drug-likeness (QED) is 0.870. The minimum atomic E-state index is -0.0442. The van der Waals surface area contributed by atoms with Crippen LogP contribution < -0.4 is 9.64 Å². The molecule has 1 aliphatic heterocycles. The minimum Gasteiger partial charge on any atom is -0.495 e. The second kappa shape index (κ2) is 6.18. The van der Waals surface area contributed by atoms with Crippen LogP contribution in [0.3, 0.4) is 0 Å². The highest BCUT2D eigenvalue weighted by Crippen LogP contribution is 2.36. The van der Waals surface area contributed by atoms with Gasteiger partial charge in [0.25, 0.3) is 0 Å². The van der Waals surface area contributed by atoms with E-state index in [9.17, 15) is 4.79 Å². The summed E-state index contributed by atoms with van der Waals surface area (Å²) in [7, 11) is 1.63. The molecule has 4 nitrogen and oxygen atoms in total. The molecule has 3 rings (SSSR count). The van der Waals surface area contributed by atoms with Gasteiger partial charge in [-0.05, 0) is 30.7 Å². The number of anilines is 1. The van der Waals surface area contributed by atoms with Crippen molar-refractivity contribution in [3.8, 4) is 5.75 Å². The molecule has 0 bridgehead atoms. The summed E-state index contributed by atoms with van der Waals surface area (Å²) in [6.45, 7) is 0.724. The first-order valence-electron chi connectivity index (χ1n) is 6.80. The number of aromatic nitrogens is 1. The largest absolute Gasteiger partial charge is 0.495 e. The van der Waals surface area contributed by atoms with E-state index in [0.717, 1.165) is 29.3 Å². The summed E-state index contributed by atoms with van der Waals surface area (Å²) in [6, 6.07) is 11.5. The molecule has 1 saturated heterocycles. The average Bonchev–Trinajstić information content (AvgIpc) is 2.89. The minimum absolute atomic E-state index is 0.0442. The average molecular weight is 300 g/mol. The van der Waals surface area contributed by atoms with Gasteiger partial charge in [-0.25, -0.2) is 0 Å². The highest BCUT2D eigenvalue weighted by molar-refractivity contribution is 8.00. The van der Waals surface area contributed by atoms with Crippen LogP contribution in [0.25, 0.3) is 0 Å². The number of rotatable bonds is 4.